The van der Waals surface area contributed by atoms with Crippen LogP contribution in [0.15, 0.2) is 0 Å². The standard InChI is InChI=1S/C9H16N2O3/c1-3-10-8(14)11-6-4-5-9(11,2)7(12)13/h3-6H2,1-2H3,(H,10,14)(H,12,13). The van der Waals surface area contributed by atoms with Crippen LogP contribution >= 0.6 is 0 Å². The Labute approximate surface area is 83.1 Å². The smallest absolute Gasteiger partial charge is 0.329 e. The molecule has 1 heterocycles. The van der Waals surface area contributed by atoms with Gasteiger partial charge in [-0.1, -0.05) is 0 Å². The van der Waals surface area contributed by atoms with E-state index in [2.05, 4.69) is 5.32 Å². The fourth-order valence-electron chi connectivity index (χ4n) is 1.76. The molecule has 1 saturated heterocycles. The third-order valence-corrected chi connectivity index (χ3v) is 2.67. The van der Waals surface area contributed by atoms with Crippen molar-refractivity contribution < 1.29 is 14.7 Å². The average Bonchev–Trinajstić information content (AvgIpc) is 2.49. The highest BCUT2D eigenvalue weighted by Gasteiger charge is 2.45. The summed E-state index contributed by atoms with van der Waals surface area (Å²) in [4.78, 5) is 23.9. The average molecular weight is 200 g/mol. The third kappa shape index (κ3) is 1.66. The quantitative estimate of drug-likeness (QED) is 0.687. The van der Waals surface area contributed by atoms with Crippen LogP contribution in [0.4, 0.5) is 4.79 Å². The monoisotopic (exact) mass is 200 g/mol. The van der Waals surface area contributed by atoms with Crippen molar-refractivity contribution in [2.75, 3.05) is 13.1 Å². The van der Waals surface area contributed by atoms with Gasteiger partial charge in [0, 0.05) is 13.1 Å². The van der Waals surface area contributed by atoms with E-state index < -0.39 is 11.5 Å². The number of amides is 2. The number of carbonyl (C=O) groups is 2. The highest BCUT2D eigenvalue weighted by atomic mass is 16.4. The number of carboxylic acid groups (broad SMARTS) is 1. The lowest BCUT2D eigenvalue weighted by molar-refractivity contribution is -0.147. The molecule has 0 saturated carbocycles. The van der Waals surface area contributed by atoms with Crippen molar-refractivity contribution in [2.24, 2.45) is 0 Å². The number of aliphatic carboxylic acids is 1. The van der Waals surface area contributed by atoms with E-state index in [9.17, 15) is 9.59 Å². The first-order valence-electron chi connectivity index (χ1n) is 4.81. The molecule has 0 aliphatic carbocycles. The molecule has 2 amide bonds. The molecule has 0 spiro atoms. The summed E-state index contributed by atoms with van der Waals surface area (Å²) in [7, 11) is 0. The molecule has 0 aromatic heterocycles. The number of nitrogens with zero attached hydrogens (tertiary/aromatic N) is 1. The summed E-state index contributed by atoms with van der Waals surface area (Å²) in [6.07, 6.45) is 1.28. The van der Waals surface area contributed by atoms with Crippen LogP contribution in [-0.2, 0) is 4.79 Å². The third-order valence-electron chi connectivity index (χ3n) is 2.67. The van der Waals surface area contributed by atoms with Gasteiger partial charge in [-0.15, -0.1) is 0 Å². The van der Waals surface area contributed by atoms with Gasteiger partial charge in [-0.2, -0.15) is 0 Å². The zero-order valence-corrected chi connectivity index (χ0v) is 8.54. The fraction of sp³-hybridized carbons (Fsp3) is 0.778. The fourth-order valence-corrected chi connectivity index (χ4v) is 1.76. The first-order chi connectivity index (χ1) is 6.52. The number of carbonyl (C=O) groups excluding carboxylic acids is 1. The van der Waals surface area contributed by atoms with Crippen molar-refractivity contribution >= 4 is 12.0 Å². The molecule has 0 aromatic rings. The van der Waals surface area contributed by atoms with Gasteiger partial charge in [-0.05, 0) is 26.7 Å². The zero-order valence-electron chi connectivity index (χ0n) is 8.54. The highest BCUT2D eigenvalue weighted by Crippen LogP contribution is 2.28. The van der Waals surface area contributed by atoms with Crippen molar-refractivity contribution in [3.8, 4) is 0 Å². The van der Waals surface area contributed by atoms with Gasteiger partial charge in [0.15, 0.2) is 0 Å². The first kappa shape index (κ1) is 10.8. The van der Waals surface area contributed by atoms with Crippen LogP contribution in [0.3, 0.4) is 0 Å². The van der Waals surface area contributed by atoms with Crippen molar-refractivity contribution in [3.05, 3.63) is 0 Å². The summed E-state index contributed by atoms with van der Waals surface area (Å²) in [6.45, 7) is 4.45. The number of rotatable bonds is 2. The van der Waals surface area contributed by atoms with Gasteiger partial charge in [0.25, 0.3) is 0 Å². The second-order valence-corrected chi connectivity index (χ2v) is 3.67. The maximum atomic E-state index is 11.5. The van der Waals surface area contributed by atoms with Crippen LogP contribution in [-0.4, -0.2) is 40.6 Å². The minimum absolute atomic E-state index is 0.282. The van der Waals surface area contributed by atoms with E-state index in [0.29, 0.717) is 19.5 Å². The summed E-state index contributed by atoms with van der Waals surface area (Å²) in [5, 5.41) is 11.7. The lowest BCUT2D eigenvalue weighted by Crippen LogP contribution is -2.54. The number of hydrogen-bond acceptors (Lipinski definition) is 2. The maximum absolute atomic E-state index is 11.5. The van der Waals surface area contributed by atoms with Crippen LogP contribution in [0.2, 0.25) is 0 Å². The first-order valence-corrected chi connectivity index (χ1v) is 4.81. The largest absolute Gasteiger partial charge is 0.480 e. The summed E-state index contributed by atoms with van der Waals surface area (Å²) in [5.41, 5.74) is -1.03. The SMILES string of the molecule is CCNC(=O)N1CCCC1(C)C(=O)O. The number of carboxylic acids is 1. The van der Waals surface area contributed by atoms with Gasteiger partial charge in [-0.3, -0.25) is 0 Å². The highest BCUT2D eigenvalue weighted by molar-refractivity contribution is 5.86. The number of hydrogen-bond donors (Lipinski definition) is 2. The Bertz CT molecular complexity index is 254. The molecule has 0 aromatic carbocycles. The minimum atomic E-state index is -1.03. The molecular weight excluding hydrogens is 184 g/mol. The van der Waals surface area contributed by atoms with Crippen molar-refractivity contribution in [2.45, 2.75) is 32.2 Å². The van der Waals surface area contributed by atoms with Gasteiger partial charge in [-0.25, -0.2) is 9.59 Å². The summed E-state index contributed by atoms with van der Waals surface area (Å²) in [5.74, 6) is -0.929. The number of nitrogens with one attached hydrogen (secondary N) is 1. The molecule has 2 N–H and O–H groups in total. The molecule has 5 heteroatoms. The van der Waals surface area contributed by atoms with Gasteiger partial charge >= 0.3 is 12.0 Å². The number of likely N-dealkylation sites (tertiary alicyclic amines) is 1. The van der Waals surface area contributed by atoms with E-state index in [0.717, 1.165) is 6.42 Å². The van der Waals surface area contributed by atoms with E-state index in [1.54, 1.807) is 6.92 Å². The molecule has 0 radical (unpaired) electrons. The van der Waals surface area contributed by atoms with Gasteiger partial charge in [0.2, 0.25) is 0 Å². The Morgan fingerprint density at radius 3 is 2.71 bits per heavy atom. The molecule has 1 atom stereocenters. The molecule has 0 bridgehead atoms. The Morgan fingerprint density at radius 1 is 1.57 bits per heavy atom. The lowest BCUT2D eigenvalue weighted by atomic mass is 10.00. The van der Waals surface area contributed by atoms with Crippen molar-refractivity contribution in [3.63, 3.8) is 0 Å². The predicted octanol–water partition coefficient (Wildman–Crippen LogP) is 0.655. The Hall–Kier alpha value is -1.26. The lowest BCUT2D eigenvalue weighted by Gasteiger charge is -2.30. The molecule has 14 heavy (non-hydrogen) atoms. The second kappa shape index (κ2) is 3.86. The molecule has 80 valence electrons. The number of urea groups is 1. The molecule has 5 nitrogen and oxygen atoms in total. The summed E-state index contributed by atoms with van der Waals surface area (Å²) in [6, 6.07) is -0.282. The van der Waals surface area contributed by atoms with E-state index in [4.69, 9.17) is 5.11 Å². The van der Waals surface area contributed by atoms with Crippen LogP contribution in [0.25, 0.3) is 0 Å². The Kier molecular flexibility index (Phi) is 2.98. The Morgan fingerprint density at radius 2 is 2.21 bits per heavy atom. The van der Waals surface area contributed by atoms with E-state index in [1.807, 2.05) is 6.92 Å². The normalized spacial score (nSPS) is 26.3. The van der Waals surface area contributed by atoms with Crippen LogP contribution in [0.1, 0.15) is 26.7 Å². The van der Waals surface area contributed by atoms with Crippen LogP contribution < -0.4 is 5.32 Å². The molecule has 1 rings (SSSR count). The second-order valence-electron chi connectivity index (χ2n) is 3.67. The van der Waals surface area contributed by atoms with E-state index >= 15 is 0 Å². The molecule has 1 unspecified atom stereocenters. The van der Waals surface area contributed by atoms with Gasteiger partial charge < -0.3 is 15.3 Å². The van der Waals surface area contributed by atoms with Crippen LogP contribution in [0, 0.1) is 0 Å². The minimum Gasteiger partial charge on any atom is -0.480 e. The van der Waals surface area contributed by atoms with Gasteiger partial charge in [0.1, 0.15) is 5.54 Å². The van der Waals surface area contributed by atoms with Crippen molar-refractivity contribution in [1.29, 1.82) is 0 Å². The summed E-state index contributed by atoms with van der Waals surface area (Å²) >= 11 is 0. The molecule has 1 fully saturated rings. The molecular formula is C9H16N2O3. The van der Waals surface area contributed by atoms with E-state index in [-0.39, 0.29) is 6.03 Å². The molecule has 1 aliphatic rings. The maximum Gasteiger partial charge on any atom is 0.329 e. The Balaban J connectivity index is 2.77. The predicted molar refractivity (Wildman–Crippen MR) is 51.1 cm³/mol. The topological polar surface area (TPSA) is 69.6 Å². The van der Waals surface area contributed by atoms with Gasteiger partial charge in [0.05, 0.1) is 0 Å². The van der Waals surface area contributed by atoms with Crippen molar-refractivity contribution in [1.82, 2.24) is 10.2 Å². The van der Waals surface area contributed by atoms with Crippen LogP contribution in [0.5, 0.6) is 0 Å². The summed E-state index contributed by atoms with van der Waals surface area (Å²) < 4.78 is 0. The zero-order chi connectivity index (χ0) is 10.8. The molecule has 1 aliphatic heterocycles. The van der Waals surface area contributed by atoms with E-state index in [1.165, 1.54) is 4.90 Å².